The summed E-state index contributed by atoms with van der Waals surface area (Å²) in [6.45, 7) is 1.88. The Morgan fingerprint density at radius 1 is 1.46 bits per heavy atom. The van der Waals surface area contributed by atoms with Gasteiger partial charge in [0.05, 0.1) is 4.88 Å². The van der Waals surface area contributed by atoms with Crippen LogP contribution in [0, 0.1) is 12.7 Å². The molecule has 1 nitrogen and oxygen atoms in total. The molecule has 0 amide bonds. The van der Waals surface area contributed by atoms with Crippen LogP contribution in [0.3, 0.4) is 0 Å². The number of benzene rings is 1. The predicted octanol–water partition coefficient (Wildman–Crippen LogP) is 3.16. The number of halogens is 1. The molecule has 3 heteroatoms. The van der Waals surface area contributed by atoms with Crippen molar-refractivity contribution in [3.63, 3.8) is 0 Å². The monoisotopic (exact) mass is 194 g/mol. The van der Waals surface area contributed by atoms with Gasteiger partial charge in [-0.15, -0.1) is 11.3 Å². The van der Waals surface area contributed by atoms with E-state index in [0.29, 0.717) is 4.88 Å². The molecule has 66 valence electrons. The van der Waals surface area contributed by atoms with E-state index < -0.39 is 0 Å². The third-order valence-electron chi connectivity index (χ3n) is 2.04. The standard InChI is InChI=1S/C10H7FOS/c1-6-8-3-2-7(11)4-9(8)13-10(6)5-12/h2-5H,1H3. The molecular formula is C10H7FOS. The minimum Gasteiger partial charge on any atom is -0.297 e. The van der Waals surface area contributed by atoms with E-state index in [1.807, 2.05) is 6.92 Å². The van der Waals surface area contributed by atoms with Crippen molar-refractivity contribution in [2.24, 2.45) is 0 Å². The van der Waals surface area contributed by atoms with E-state index >= 15 is 0 Å². The summed E-state index contributed by atoms with van der Waals surface area (Å²) in [5, 5.41) is 0.966. The highest BCUT2D eigenvalue weighted by molar-refractivity contribution is 7.20. The molecule has 1 heterocycles. The molecule has 0 aliphatic carbocycles. The minimum absolute atomic E-state index is 0.258. The van der Waals surface area contributed by atoms with E-state index in [9.17, 15) is 9.18 Å². The van der Waals surface area contributed by atoms with Gasteiger partial charge in [0, 0.05) is 4.70 Å². The van der Waals surface area contributed by atoms with Crippen molar-refractivity contribution in [3.05, 3.63) is 34.5 Å². The molecule has 2 aromatic rings. The minimum atomic E-state index is -0.258. The Balaban J connectivity index is 2.83. The van der Waals surface area contributed by atoms with E-state index in [1.54, 1.807) is 6.07 Å². The maximum atomic E-state index is 12.8. The SMILES string of the molecule is Cc1c(C=O)sc2cc(F)ccc12. The van der Waals surface area contributed by atoms with Crippen LogP contribution in [-0.2, 0) is 0 Å². The number of carbonyl (C=O) groups excluding carboxylic acids is 1. The van der Waals surface area contributed by atoms with Gasteiger partial charge in [0.25, 0.3) is 0 Å². The lowest BCUT2D eigenvalue weighted by molar-refractivity contribution is 0.112. The topological polar surface area (TPSA) is 17.1 Å². The Morgan fingerprint density at radius 2 is 2.23 bits per heavy atom. The quantitative estimate of drug-likeness (QED) is 0.637. The largest absolute Gasteiger partial charge is 0.297 e. The maximum absolute atomic E-state index is 12.8. The van der Waals surface area contributed by atoms with Crippen molar-refractivity contribution in [3.8, 4) is 0 Å². The van der Waals surface area contributed by atoms with Crippen LogP contribution in [0.15, 0.2) is 18.2 Å². The second-order valence-electron chi connectivity index (χ2n) is 2.85. The molecule has 0 N–H and O–H groups in total. The van der Waals surface area contributed by atoms with Gasteiger partial charge in [-0.25, -0.2) is 4.39 Å². The zero-order valence-corrected chi connectivity index (χ0v) is 7.82. The lowest BCUT2D eigenvalue weighted by Gasteiger charge is -1.90. The van der Waals surface area contributed by atoms with Crippen LogP contribution in [0.4, 0.5) is 4.39 Å². The fourth-order valence-corrected chi connectivity index (χ4v) is 2.38. The second kappa shape index (κ2) is 2.92. The fourth-order valence-electron chi connectivity index (χ4n) is 1.33. The van der Waals surface area contributed by atoms with Crippen LogP contribution >= 0.6 is 11.3 Å². The van der Waals surface area contributed by atoms with Crippen molar-refractivity contribution < 1.29 is 9.18 Å². The average Bonchev–Trinajstić information content (AvgIpc) is 2.42. The molecule has 0 atom stereocenters. The third kappa shape index (κ3) is 1.25. The zero-order valence-electron chi connectivity index (χ0n) is 7.00. The van der Waals surface area contributed by atoms with Gasteiger partial charge >= 0.3 is 0 Å². The van der Waals surface area contributed by atoms with Crippen molar-refractivity contribution in [2.45, 2.75) is 6.92 Å². The summed E-state index contributed by atoms with van der Waals surface area (Å²) in [7, 11) is 0. The first-order valence-corrected chi connectivity index (χ1v) is 4.68. The Hall–Kier alpha value is -1.22. The Kier molecular flexibility index (Phi) is 1.88. The Bertz CT molecular complexity index is 473. The number of aldehydes is 1. The third-order valence-corrected chi connectivity index (χ3v) is 3.22. The van der Waals surface area contributed by atoms with Gasteiger partial charge in [0.2, 0.25) is 0 Å². The summed E-state index contributed by atoms with van der Waals surface area (Å²) >= 11 is 1.33. The van der Waals surface area contributed by atoms with E-state index in [4.69, 9.17) is 0 Å². The molecule has 0 bridgehead atoms. The van der Waals surface area contributed by atoms with Crippen LogP contribution < -0.4 is 0 Å². The summed E-state index contributed by atoms with van der Waals surface area (Å²) < 4.78 is 13.6. The van der Waals surface area contributed by atoms with Gasteiger partial charge in [0.15, 0.2) is 6.29 Å². The highest BCUT2D eigenvalue weighted by atomic mass is 32.1. The fraction of sp³-hybridized carbons (Fsp3) is 0.100. The molecule has 0 fully saturated rings. The number of rotatable bonds is 1. The number of hydrogen-bond acceptors (Lipinski definition) is 2. The first-order valence-electron chi connectivity index (χ1n) is 3.86. The lowest BCUT2D eigenvalue weighted by Crippen LogP contribution is -1.76. The molecule has 0 radical (unpaired) electrons. The second-order valence-corrected chi connectivity index (χ2v) is 3.93. The first kappa shape index (κ1) is 8.38. The number of aryl methyl sites for hydroxylation is 1. The summed E-state index contributed by atoms with van der Waals surface area (Å²) in [6, 6.07) is 4.58. The normalized spacial score (nSPS) is 10.6. The number of fused-ring (bicyclic) bond motifs is 1. The van der Waals surface area contributed by atoms with E-state index in [1.165, 1.54) is 23.5 Å². The summed E-state index contributed by atoms with van der Waals surface area (Å²) in [5.41, 5.74) is 0.940. The van der Waals surface area contributed by atoms with Gasteiger partial charge < -0.3 is 0 Å². The lowest BCUT2D eigenvalue weighted by atomic mass is 10.1. The van der Waals surface area contributed by atoms with E-state index in [2.05, 4.69) is 0 Å². The molecule has 0 saturated carbocycles. The summed E-state index contributed by atoms with van der Waals surface area (Å²) in [6.07, 6.45) is 0.817. The highest BCUT2D eigenvalue weighted by Gasteiger charge is 2.07. The van der Waals surface area contributed by atoms with Crippen molar-refractivity contribution in [1.29, 1.82) is 0 Å². The zero-order chi connectivity index (χ0) is 9.42. The van der Waals surface area contributed by atoms with Crippen LogP contribution in [0.5, 0.6) is 0 Å². The Labute approximate surface area is 78.8 Å². The Morgan fingerprint density at radius 3 is 2.92 bits per heavy atom. The van der Waals surface area contributed by atoms with Crippen LogP contribution in [0.2, 0.25) is 0 Å². The van der Waals surface area contributed by atoms with Crippen molar-refractivity contribution in [1.82, 2.24) is 0 Å². The molecule has 0 saturated heterocycles. The number of thiophene rings is 1. The highest BCUT2D eigenvalue weighted by Crippen LogP contribution is 2.29. The summed E-state index contributed by atoms with van der Waals surface area (Å²) in [4.78, 5) is 11.3. The molecule has 0 aliphatic rings. The first-order chi connectivity index (χ1) is 6.22. The summed E-state index contributed by atoms with van der Waals surface area (Å²) in [5.74, 6) is -0.258. The molecule has 1 aromatic carbocycles. The molecule has 1 aromatic heterocycles. The molecule has 2 rings (SSSR count). The number of carbonyl (C=O) groups is 1. The van der Waals surface area contributed by atoms with Gasteiger partial charge in [0.1, 0.15) is 5.82 Å². The van der Waals surface area contributed by atoms with Crippen LogP contribution in [-0.4, -0.2) is 6.29 Å². The molecule has 0 aliphatic heterocycles. The molecule has 13 heavy (non-hydrogen) atoms. The van der Waals surface area contributed by atoms with Crippen molar-refractivity contribution >= 4 is 27.7 Å². The van der Waals surface area contributed by atoms with Crippen molar-refractivity contribution in [2.75, 3.05) is 0 Å². The van der Waals surface area contributed by atoms with Crippen LogP contribution in [0.25, 0.3) is 10.1 Å². The smallest absolute Gasteiger partial charge is 0.160 e. The number of hydrogen-bond donors (Lipinski definition) is 0. The van der Waals surface area contributed by atoms with E-state index in [0.717, 1.165) is 21.9 Å². The molecular weight excluding hydrogens is 187 g/mol. The maximum Gasteiger partial charge on any atom is 0.160 e. The van der Waals surface area contributed by atoms with Crippen LogP contribution in [0.1, 0.15) is 15.2 Å². The van der Waals surface area contributed by atoms with Gasteiger partial charge in [-0.1, -0.05) is 6.07 Å². The molecule has 0 spiro atoms. The average molecular weight is 194 g/mol. The van der Waals surface area contributed by atoms with Gasteiger partial charge in [-0.05, 0) is 30.0 Å². The predicted molar refractivity (Wildman–Crippen MR) is 51.9 cm³/mol. The van der Waals surface area contributed by atoms with Gasteiger partial charge in [-0.3, -0.25) is 4.79 Å². The van der Waals surface area contributed by atoms with Gasteiger partial charge in [-0.2, -0.15) is 0 Å². The van der Waals surface area contributed by atoms with E-state index in [-0.39, 0.29) is 5.82 Å². The molecule has 0 unspecified atom stereocenters.